The predicted molar refractivity (Wildman–Crippen MR) is 35.4 cm³/mol. The van der Waals surface area contributed by atoms with Gasteiger partial charge in [0.1, 0.15) is 6.29 Å². The molecule has 4 nitrogen and oxygen atoms in total. The fourth-order valence-corrected chi connectivity index (χ4v) is 0.740. The van der Waals surface area contributed by atoms with E-state index in [2.05, 4.69) is 5.32 Å². The lowest BCUT2D eigenvalue weighted by atomic mass is 10.2. The highest BCUT2D eigenvalue weighted by atomic mass is 16.2. The average Bonchev–Trinajstić information content (AvgIpc) is 2.40. The van der Waals surface area contributed by atoms with Crippen LogP contribution < -0.4 is 5.32 Å². The van der Waals surface area contributed by atoms with Crippen molar-refractivity contribution in [2.24, 2.45) is 0 Å². The second kappa shape index (κ2) is 4.93. The van der Waals surface area contributed by atoms with E-state index in [0.717, 1.165) is 13.4 Å². The fourth-order valence-electron chi connectivity index (χ4n) is 0.740. The van der Waals surface area contributed by atoms with Gasteiger partial charge in [-0.1, -0.05) is 0 Å². The number of rotatable bonds is 1. The minimum absolute atomic E-state index is 0.0119. The Balaban J connectivity index is 0.000000371. The second-order valence-corrected chi connectivity index (χ2v) is 1.85. The van der Waals surface area contributed by atoms with Gasteiger partial charge in [-0.2, -0.15) is 0 Å². The molecular weight excluding hydrogens is 134 g/mol. The highest BCUT2D eigenvalue weighted by Gasteiger charge is 2.18. The molecule has 0 saturated carbocycles. The van der Waals surface area contributed by atoms with Gasteiger partial charge in [0.2, 0.25) is 5.91 Å². The molecule has 4 heteroatoms. The Kier molecular flexibility index (Phi) is 4.49. The summed E-state index contributed by atoms with van der Waals surface area (Å²) >= 11 is 0. The van der Waals surface area contributed by atoms with Crippen LogP contribution in [0.25, 0.3) is 0 Å². The molecule has 10 heavy (non-hydrogen) atoms. The lowest BCUT2D eigenvalue weighted by molar-refractivity contribution is -0.120. The van der Waals surface area contributed by atoms with Gasteiger partial charge in [-0.15, -0.1) is 0 Å². The molecule has 1 unspecified atom stereocenters. The van der Waals surface area contributed by atoms with E-state index in [1.54, 1.807) is 0 Å². The molecule has 1 aliphatic rings. The Hall–Kier alpha value is -0.900. The van der Waals surface area contributed by atoms with Crippen LogP contribution in [0.5, 0.6) is 0 Å². The van der Waals surface area contributed by atoms with Gasteiger partial charge in [0.15, 0.2) is 0 Å². The first kappa shape index (κ1) is 9.10. The summed E-state index contributed by atoms with van der Waals surface area (Å²) in [5.74, 6) is -0.0119. The van der Waals surface area contributed by atoms with Gasteiger partial charge in [0.25, 0.3) is 0 Å². The SMILES string of the molecule is CO.O=CC1CCC(=O)N1. The molecule has 1 atom stereocenters. The van der Waals surface area contributed by atoms with Crippen LogP contribution in [0.15, 0.2) is 0 Å². The van der Waals surface area contributed by atoms with Crippen molar-refractivity contribution in [3.05, 3.63) is 0 Å². The summed E-state index contributed by atoms with van der Waals surface area (Å²) in [5, 5.41) is 9.50. The number of hydrogen-bond acceptors (Lipinski definition) is 3. The molecule has 1 aliphatic heterocycles. The van der Waals surface area contributed by atoms with Crippen molar-refractivity contribution in [3.63, 3.8) is 0 Å². The standard InChI is InChI=1S/C5H7NO2.CH4O/c7-3-4-1-2-5(8)6-4;1-2/h3-4H,1-2H2,(H,6,8);2H,1H3. The van der Waals surface area contributed by atoms with Crippen LogP contribution in [-0.4, -0.2) is 30.5 Å². The molecule has 1 heterocycles. The number of amides is 1. The zero-order chi connectivity index (χ0) is 7.98. The Labute approximate surface area is 59.2 Å². The van der Waals surface area contributed by atoms with Crippen molar-refractivity contribution in [2.75, 3.05) is 7.11 Å². The summed E-state index contributed by atoms with van der Waals surface area (Å²) in [4.78, 5) is 20.3. The number of aldehydes is 1. The largest absolute Gasteiger partial charge is 0.400 e. The molecule has 2 N–H and O–H groups in total. The summed E-state index contributed by atoms with van der Waals surface area (Å²) in [6.07, 6.45) is 1.94. The molecule has 0 bridgehead atoms. The number of aliphatic hydroxyl groups excluding tert-OH is 1. The van der Waals surface area contributed by atoms with E-state index in [4.69, 9.17) is 5.11 Å². The van der Waals surface area contributed by atoms with Gasteiger partial charge in [0, 0.05) is 13.5 Å². The molecule has 0 aromatic heterocycles. The minimum atomic E-state index is -0.206. The smallest absolute Gasteiger partial charge is 0.220 e. The highest BCUT2D eigenvalue weighted by Crippen LogP contribution is 2.02. The summed E-state index contributed by atoms with van der Waals surface area (Å²) in [5.41, 5.74) is 0. The summed E-state index contributed by atoms with van der Waals surface area (Å²) in [6, 6.07) is -0.206. The van der Waals surface area contributed by atoms with Gasteiger partial charge in [0.05, 0.1) is 6.04 Å². The van der Waals surface area contributed by atoms with E-state index in [0.29, 0.717) is 12.8 Å². The van der Waals surface area contributed by atoms with Gasteiger partial charge in [-0.05, 0) is 6.42 Å². The quantitative estimate of drug-likeness (QED) is 0.468. The molecule has 0 spiro atoms. The van der Waals surface area contributed by atoms with E-state index < -0.39 is 0 Å². The van der Waals surface area contributed by atoms with Gasteiger partial charge in [-0.25, -0.2) is 0 Å². The van der Waals surface area contributed by atoms with Crippen LogP contribution in [0.1, 0.15) is 12.8 Å². The maximum atomic E-state index is 10.3. The van der Waals surface area contributed by atoms with E-state index in [9.17, 15) is 9.59 Å². The van der Waals surface area contributed by atoms with Crippen molar-refractivity contribution in [2.45, 2.75) is 18.9 Å². The molecule has 0 aliphatic carbocycles. The highest BCUT2D eigenvalue weighted by molar-refractivity contribution is 5.83. The molecular formula is C6H11NO3. The maximum absolute atomic E-state index is 10.3. The molecule has 1 saturated heterocycles. The molecule has 58 valence electrons. The van der Waals surface area contributed by atoms with E-state index >= 15 is 0 Å². The fraction of sp³-hybridized carbons (Fsp3) is 0.667. The Morgan fingerprint density at radius 2 is 2.30 bits per heavy atom. The number of carbonyl (C=O) groups is 2. The van der Waals surface area contributed by atoms with Gasteiger partial charge in [-0.3, -0.25) is 4.79 Å². The van der Waals surface area contributed by atoms with Crippen LogP contribution in [0.2, 0.25) is 0 Å². The van der Waals surface area contributed by atoms with E-state index in [1.807, 2.05) is 0 Å². The third-order valence-electron chi connectivity index (χ3n) is 1.19. The number of nitrogens with one attached hydrogen (secondary N) is 1. The first-order valence-corrected chi connectivity index (χ1v) is 3.02. The molecule has 0 aromatic rings. The molecule has 1 rings (SSSR count). The number of aliphatic hydroxyl groups is 1. The predicted octanol–water partition coefficient (Wildman–Crippen LogP) is -0.928. The Morgan fingerprint density at radius 1 is 1.70 bits per heavy atom. The molecule has 1 fully saturated rings. The Bertz CT molecular complexity index is 124. The van der Waals surface area contributed by atoms with Crippen molar-refractivity contribution in [1.29, 1.82) is 0 Å². The molecule has 1 amide bonds. The number of carbonyl (C=O) groups excluding carboxylic acids is 2. The van der Waals surface area contributed by atoms with Crippen LogP contribution >= 0.6 is 0 Å². The van der Waals surface area contributed by atoms with E-state index in [-0.39, 0.29) is 11.9 Å². The zero-order valence-electron chi connectivity index (χ0n) is 5.83. The van der Waals surface area contributed by atoms with E-state index in [1.165, 1.54) is 0 Å². The number of hydrogen-bond donors (Lipinski definition) is 2. The van der Waals surface area contributed by atoms with Crippen LogP contribution in [0.4, 0.5) is 0 Å². The summed E-state index contributed by atoms with van der Waals surface area (Å²) in [7, 11) is 1.00. The zero-order valence-corrected chi connectivity index (χ0v) is 5.83. The molecule has 0 radical (unpaired) electrons. The normalized spacial score (nSPS) is 22.6. The summed E-state index contributed by atoms with van der Waals surface area (Å²) in [6.45, 7) is 0. The maximum Gasteiger partial charge on any atom is 0.220 e. The monoisotopic (exact) mass is 145 g/mol. The van der Waals surface area contributed by atoms with Crippen molar-refractivity contribution in [3.8, 4) is 0 Å². The van der Waals surface area contributed by atoms with Gasteiger partial charge >= 0.3 is 0 Å². The lowest BCUT2D eigenvalue weighted by Gasteiger charge is -1.94. The van der Waals surface area contributed by atoms with Crippen LogP contribution in [0, 0.1) is 0 Å². The van der Waals surface area contributed by atoms with Crippen molar-refractivity contribution >= 4 is 12.2 Å². The van der Waals surface area contributed by atoms with Crippen molar-refractivity contribution in [1.82, 2.24) is 5.32 Å². The topological polar surface area (TPSA) is 66.4 Å². The summed E-state index contributed by atoms with van der Waals surface area (Å²) < 4.78 is 0. The Morgan fingerprint density at radius 3 is 2.50 bits per heavy atom. The van der Waals surface area contributed by atoms with Gasteiger partial charge < -0.3 is 15.2 Å². The van der Waals surface area contributed by atoms with Crippen molar-refractivity contribution < 1.29 is 14.7 Å². The second-order valence-electron chi connectivity index (χ2n) is 1.85. The van der Waals surface area contributed by atoms with Crippen LogP contribution in [0.3, 0.4) is 0 Å². The first-order valence-electron chi connectivity index (χ1n) is 3.02. The third kappa shape index (κ3) is 2.59. The lowest BCUT2D eigenvalue weighted by Crippen LogP contribution is -2.25. The minimum Gasteiger partial charge on any atom is -0.400 e. The molecule has 0 aromatic carbocycles. The first-order chi connectivity index (χ1) is 4.83. The average molecular weight is 145 g/mol. The third-order valence-corrected chi connectivity index (χ3v) is 1.19. The van der Waals surface area contributed by atoms with Crippen LogP contribution in [-0.2, 0) is 9.59 Å².